The Labute approximate surface area is 231 Å². The third kappa shape index (κ3) is 4.75. The number of carbonyl (C=O) groups is 3. The summed E-state index contributed by atoms with van der Waals surface area (Å²) in [5.41, 5.74) is -0.522. The second-order valence-electron chi connectivity index (χ2n) is 9.85. The summed E-state index contributed by atoms with van der Waals surface area (Å²) in [5.74, 6) is -2.23. The number of benzene rings is 1. The maximum atomic E-state index is 14.4. The molecule has 1 aromatic carbocycles. The van der Waals surface area contributed by atoms with Gasteiger partial charge in [0.15, 0.2) is 0 Å². The Morgan fingerprint density at radius 3 is 2.51 bits per heavy atom. The fraction of sp³-hybridized carbons (Fsp3) is 0.519. The number of fused-ring (bicyclic) bond motifs is 1. The van der Waals surface area contributed by atoms with Crippen LogP contribution in [-0.2, 0) is 19.1 Å². The molecule has 0 saturated carbocycles. The van der Waals surface area contributed by atoms with E-state index < -0.39 is 29.6 Å². The summed E-state index contributed by atoms with van der Waals surface area (Å²) in [6.07, 6.45) is 4.19. The lowest BCUT2D eigenvalue weighted by atomic mass is 9.70. The van der Waals surface area contributed by atoms with Crippen molar-refractivity contribution in [2.45, 2.75) is 41.8 Å². The number of carbonyl (C=O) groups excluding carboxylic acids is 3. The van der Waals surface area contributed by atoms with Gasteiger partial charge in [-0.1, -0.05) is 39.7 Å². The first-order valence-electron chi connectivity index (χ1n) is 12.5. The molecule has 1 N–H and O–H groups in total. The van der Waals surface area contributed by atoms with Crippen molar-refractivity contribution in [3.05, 3.63) is 54.6 Å². The number of amides is 3. The zero-order valence-corrected chi connectivity index (χ0v) is 23.2. The predicted molar refractivity (Wildman–Crippen MR) is 146 cm³/mol. The van der Waals surface area contributed by atoms with Gasteiger partial charge >= 0.3 is 0 Å². The lowest BCUT2D eigenvalue weighted by Gasteiger charge is -2.37. The van der Waals surface area contributed by atoms with Crippen LogP contribution in [0.25, 0.3) is 0 Å². The summed E-state index contributed by atoms with van der Waals surface area (Å²) in [6.45, 7) is 8.36. The smallest absolute Gasteiger partial charge is 0.253 e. The number of alkyl halides is 1. The van der Waals surface area contributed by atoms with Crippen LogP contribution in [0.5, 0.6) is 0 Å². The van der Waals surface area contributed by atoms with Crippen molar-refractivity contribution in [1.82, 2.24) is 9.80 Å². The molecule has 4 rings (SSSR count). The van der Waals surface area contributed by atoms with E-state index in [0.717, 1.165) is 0 Å². The SMILES string of the molecule is C=CCN(C)C(=O)[C@H]1[C@H]2C(=O)N(CCCCO)C(C(=O)N(CC=C)c3ccc(Cl)cc3)C23CC(Br)[C@@H]1O3. The summed E-state index contributed by atoms with van der Waals surface area (Å²) in [6, 6.07) is 5.99. The number of ether oxygens (including phenoxy) is 1. The van der Waals surface area contributed by atoms with Crippen LogP contribution < -0.4 is 4.90 Å². The molecule has 37 heavy (non-hydrogen) atoms. The van der Waals surface area contributed by atoms with Crippen molar-refractivity contribution in [3.63, 3.8) is 0 Å². The van der Waals surface area contributed by atoms with E-state index in [9.17, 15) is 19.5 Å². The molecule has 3 amide bonds. The zero-order chi connectivity index (χ0) is 26.9. The van der Waals surface area contributed by atoms with Crippen molar-refractivity contribution in [2.75, 3.05) is 38.2 Å². The molecule has 0 aromatic heterocycles. The van der Waals surface area contributed by atoms with E-state index in [2.05, 4.69) is 29.1 Å². The topological polar surface area (TPSA) is 90.4 Å². The van der Waals surface area contributed by atoms with E-state index in [0.29, 0.717) is 36.5 Å². The van der Waals surface area contributed by atoms with Gasteiger partial charge in [0.1, 0.15) is 11.6 Å². The normalized spacial score (nSPS) is 29.8. The highest BCUT2D eigenvalue weighted by molar-refractivity contribution is 9.09. The van der Waals surface area contributed by atoms with Crippen LogP contribution in [0.2, 0.25) is 5.02 Å². The van der Waals surface area contributed by atoms with Gasteiger partial charge in [-0.2, -0.15) is 0 Å². The molecule has 3 aliphatic heterocycles. The molecule has 6 atom stereocenters. The third-order valence-corrected chi connectivity index (χ3v) is 8.71. The molecule has 3 fully saturated rings. The van der Waals surface area contributed by atoms with E-state index >= 15 is 0 Å². The first kappa shape index (κ1) is 27.8. The molecule has 10 heteroatoms. The largest absolute Gasteiger partial charge is 0.396 e. The Morgan fingerprint density at radius 2 is 1.89 bits per heavy atom. The molecule has 0 radical (unpaired) electrons. The minimum absolute atomic E-state index is 0.0158. The number of hydrogen-bond donors (Lipinski definition) is 1. The van der Waals surface area contributed by atoms with Gasteiger partial charge in [-0.05, 0) is 43.5 Å². The standard InChI is InChI=1S/C27H33BrClN3O5/c1-4-12-30(3)24(34)20-21-25(35)32(14-6-7-15-33)23(27(21)16-19(28)22(20)37-27)26(36)31(13-5-2)18-10-8-17(29)9-11-18/h4-5,8-11,19-23,33H,1-2,6-7,12-16H2,3H3/t19?,20-,21-,22-,23?,27?/m0/s1. The minimum Gasteiger partial charge on any atom is -0.396 e. The Morgan fingerprint density at radius 1 is 1.22 bits per heavy atom. The molecule has 3 heterocycles. The Bertz CT molecular complexity index is 1070. The Balaban J connectivity index is 1.77. The van der Waals surface area contributed by atoms with E-state index in [1.165, 1.54) is 0 Å². The van der Waals surface area contributed by atoms with Crippen molar-refractivity contribution < 1.29 is 24.2 Å². The molecule has 2 bridgehead atoms. The highest BCUT2D eigenvalue weighted by atomic mass is 79.9. The summed E-state index contributed by atoms with van der Waals surface area (Å²) < 4.78 is 6.56. The molecule has 1 spiro atoms. The molecule has 3 unspecified atom stereocenters. The number of halogens is 2. The number of aliphatic hydroxyl groups is 1. The van der Waals surface area contributed by atoms with Crippen molar-refractivity contribution in [1.29, 1.82) is 0 Å². The van der Waals surface area contributed by atoms with Crippen LogP contribution in [0.4, 0.5) is 5.69 Å². The molecule has 0 aliphatic carbocycles. The van der Waals surface area contributed by atoms with Crippen LogP contribution in [0.3, 0.4) is 0 Å². The first-order chi connectivity index (χ1) is 17.7. The monoisotopic (exact) mass is 593 g/mol. The summed E-state index contributed by atoms with van der Waals surface area (Å²) in [5, 5.41) is 9.89. The van der Waals surface area contributed by atoms with Gasteiger partial charge in [0.05, 0.1) is 17.9 Å². The molecule has 3 aliphatic rings. The van der Waals surface area contributed by atoms with Gasteiger partial charge in [0.2, 0.25) is 11.8 Å². The number of rotatable bonds is 11. The van der Waals surface area contributed by atoms with Crippen molar-refractivity contribution in [3.8, 4) is 0 Å². The fourth-order valence-electron chi connectivity index (χ4n) is 6.08. The summed E-state index contributed by atoms with van der Waals surface area (Å²) >= 11 is 9.77. The van der Waals surface area contributed by atoms with Crippen LogP contribution in [-0.4, -0.2) is 88.5 Å². The van der Waals surface area contributed by atoms with Crippen molar-refractivity contribution >= 4 is 50.9 Å². The van der Waals surface area contributed by atoms with Gasteiger partial charge in [-0.15, -0.1) is 13.2 Å². The van der Waals surface area contributed by atoms with Gasteiger partial charge < -0.3 is 24.5 Å². The quantitative estimate of drug-likeness (QED) is 0.242. The molecule has 3 saturated heterocycles. The minimum atomic E-state index is -1.15. The average Bonchev–Trinajstić information content (AvgIpc) is 3.46. The highest BCUT2D eigenvalue weighted by Gasteiger charge is 2.76. The first-order valence-corrected chi connectivity index (χ1v) is 13.8. The number of aliphatic hydroxyl groups excluding tert-OH is 1. The lowest BCUT2D eigenvalue weighted by molar-refractivity contribution is -0.144. The predicted octanol–water partition coefficient (Wildman–Crippen LogP) is 3.02. The molecule has 8 nitrogen and oxygen atoms in total. The van der Waals surface area contributed by atoms with E-state index in [-0.39, 0.29) is 42.2 Å². The van der Waals surface area contributed by atoms with Gasteiger partial charge in [0.25, 0.3) is 5.91 Å². The Kier molecular flexibility index (Phi) is 8.48. The second-order valence-corrected chi connectivity index (χ2v) is 11.5. The Hall–Kier alpha value is -2.20. The molecule has 1 aromatic rings. The van der Waals surface area contributed by atoms with Gasteiger partial charge in [-0.25, -0.2) is 0 Å². The maximum absolute atomic E-state index is 14.4. The fourth-order valence-corrected chi connectivity index (χ4v) is 7.15. The number of anilines is 1. The van der Waals surface area contributed by atoms with Crippen LogP contribution in [0, 0.1) is 11.8 Å². The van der Waals surface area contributed by atoms with Crippen molar-refractivity contribution in [2.24, 2.45) is 11.8 Å². The zero-order valence-electron chi connectivity index (χ0n) is 20.9. The van der Waals surface area contributed by atoms with Crippen LogP contribution in [0.15, 0.2) is 49.6 Å². The van der Waals surface area contributed by atoms with Gasteiger partial charge in [-0.3, -0.25) is 14.4 Å². The van der Waals surface area contributed by atoms with Crippen LogP contribution in [0.1, 0.15) is 19.3 Å². The molecule has 200 valence electrons. The van der Waals surface area contributed by atoms with E-state index in [1.54, 1.807) is 58.2 Å². The number of hydrogen-bond acceptors (Lipinski definition) is 5. The number of unbranched alkanes of at least 4 members (excludes halogenated alkanes) is 1. The third-order valence-electron chi connectivity index (χ3n) is 7.61. The highest BCUT2D eigenvalue weighted by Crippen LogP contribution is 2.60. The number of likely N-dealkylation sites (N-methyl/N-ethyl adjacent to an activating group) is 1. The second kappa shape index (κ2) is 11.3. The molecular formula is C27H33BrClN3O5. The average molecular weight is 595 g/mol. The van der Waals surface area contributed by atoms with E-state index in [4.69, 9.17) is 16.3 Å². The molecular weight excluding hydrogens is 562 g/mol. The summed E-state index contributed by atoms with van der Waals surface area (Å²) in [7, 11) is 1.68. The van der Waals surface area contributed by atoms with Crippen LogP contribution >= 0.6 is 27.5 Å². The number of likely N-dealkylation sites (tertiary alicyclic amines) is 1. The van der Waals surface area contributed by atoms with Gasteiger partial charge in [0, 0.05) is 48.8 Å². The summed E-state index contributed by atoms with van der Waals surface area (Å²) in [4.78, 5) is 46.4. The lowest BCUT2D eigenvalue weighted by Crippen LogP contribution is -2.57. The maximum Gasteiger partial charge on any atom is 0.253 e. The number of nitrogens with zero attached hydrogens (tertiary/aromatic N) is 3. The van der Waals surface area contributed by atoms with E-state index in [1.807, 2.05) is 0 Å².